The molecule has 1 aliphatic rings. The fourth-order valence-corrected chi connectivity index (χ4v) is 3.73. The number of benzene rings is 1. The predicted octanol–water partition coefficient (Wildman–Crippen LogP) is 3.27. The number of hydrogen-bond acceptors (Lipinski definition) is 6. The Hall–Kier alpha value is -3.49. The van der Waals surface area contributed by atoms with Gasteiger partial charge in [0, 0.05) is 43.5 Å². The van der Waals surface area contributed by atoms with Crippen molar-refractivity contribution < 1.29 is 9.72 Å². The molecular weight excluding hydrogens is 372 g/mol. The highest BCUT2D eigenvalue weighted by Crippen LogP contribution is 2.28. The van der Waals surface area contributed by atoms with Gasteiger partial charge in [0.15, 0.2) is 5.65 Å². The van der Waals surface area contributed by atoms with Crippen LogP contribution in [0, 0.1) is 16.0 Å². The zero-order valence-electron chi connectivity index (χ0n) is 15.9. The number of nitrogens with one attached hydrogen (secondary N) is 1. The summed E-state index contributed by atoms with van der Waals surface area (Å²) >= 11 is 0. The molecule has 0 atom stereocenters. The first kappa shape index (κ1) is 18.9. The molecular formula is C20H22N6O3. The molecule has 9 nitrogen and oxygen atoms in total. The Labute approximate surface area is 167 Å². The Balaban J connectivity index is 1.26. The summed E-state index contributed by atoms with van der Waals surface area (Å²) in [5.41, 5.74) is 1.69. The van der Waals surface area contributed by atoms with Gasteiger partial charge >= 0.3 is 0 Å². The molecule has 29 heavy (non-hydrogen) atoms. The summed E-state index contributed by atoms with van der Waals surface area (Å²) in [5.74, 6) is 0.834. The predicted molar refractivity (Wildman–Crippen MR) is 109 cm³/mol. The van der Waals surface area contributed by atoms with Crippen molar-refractivity contribution >= 4 is 28.9 Å². The number of carbonyl (C=O) groups is 1. The fourth-order valence-electron chi connectivity index (χ4n) is 3.73. The number of aromatic nitrogens is 3. The molecule has 1 N–H and O–H groups in total. The molecule has 3 aromatic rings. The second-order valence-corrected chi connectivity index (χ2v) is 7.25. The number of nitro benzene ring substituents is 1. The summed E-state index contributed by atoms with van der Waals surface area (Å²) in [4.78, 5) is 25.1. The zero-order chi connectivity index (χ0) is 20.2. The van der Waals surface area contributed by atoms with Crippen molar-refractivity contribution in [2.75, 3.05) is 23.3 Å². The minimum atomic E-state index is -0.368. The van der Waals surface area contributed by atoms with Gasteiger partial charge in [0.05, 0.1) is 4.92 Å². The molecule has 1 aromatic carbocycles. The molecule has 1 fully saturated rings. The largest absolute Gasteiger partial charge is 0.371 e. The minimum absolute atomic E-state index is 0.0655. The fraction of sp³-hybridized carbons (Fsp3) is 0.350. The molecule has 150 valence electrons. The molecule has 3 heterocycles. The average Bonchev–Trinajstić information content (AvgIpc) is 3.15. The van der Waals surface area contributed by atoms with Gasteiger partial charge in [-0.05, 0) is 43.4 Å². The lowest BCUT2D eigenvalue weighted by molar-refractivity contribution is -0.384. The first-order chi connectivity index (χ1) is 14.1. The van der Waals surface area contributed by atoms with E-state index in [-0.39, 0.29) is 16.5 Å². The van der Waals surface area contributed by atoms with E-state index in [9.17, 15) is 14.9 Å². The first-order valence-corrected chi connectivity index (χ1v) is 9.69. The van der Waals surface area contributed by atoms with E-state index < -0.39 is 0 Å². The minimum Gasteiger partial charge on any atom is -0.371 e. The third-order valence-corrected chi connectivity index (χ3v) is 5.36. The molecule has 0 bridgehead atoms. The molecule has 1 saturated heterocycles. The highest BCUT2D eigenvalue weighted by Gasteiger charge is 2.21. The van der Waals surface area contributed by atoms with E-state index >= 15 is 0 Å². The first-order valence-electron chi connectivity index (χ1n) is 9.69. The second-order valence-electron chi connectivity index (χ2n) is 7.25. The van der Waals surface area contributed by atoms with Crippen molar-refractivity contribution in [3.63, 3.8) is 0 Å². The molecule has 0 unspecified atom stereocenters. The van der Waals surface area contributed by atoms with Crippen molar-refractivity contribution in [1.29, 1.82) is 0 Å². The Morgan fingerprint density at radius 1 is 1.17 bits per heavy atom. The monoisotopic (exact) mass is 394 g/mol. The number of fused-ring (bicyclic) bond motifs is 1. The van der Waals surface area contributed by atoms with Gasteiger partial charge in [0.2, 0.25) is 11.9 Å². The molecule has 0 saturated carbocycles. The molecule has 0 spiro atoms. The third-order valence-electron chi connectivity index (χ3n) is 5.36. The van der Waals surface area contributed by atoms with Crippen LogP contribution in [0.1, 0.15) is 25.7 Å². The van der Waals surface area contributed by atoms with Crippen LogP contribution in [-0.2, 0) is 4.79 Å². The van der Waals surface area contributed by atoms with Gasteiger partial charge < -0.3 is 4.90 Å². The van der Waals surface area contributed by atoms with Crippen LogP contribution >= 0.6 is 0 Å². The van der Waals surface area contributed by atoms with Crippen LogP contribution in [0.5, 0.6) is 0 Å². The Bertz CT molecular complexity index is 1030. The third kappa shape index (κ3) is 4.34. The number of amides is 1. The second kappa shape index (κ2) is 8.26. The Kier molecular flexibility index (Phi) is 5.37. The van der Waals surface area contributed by atoms with Gasteiger partial charge in [0.1, 0.15) is 0 Å². The van der Waals surface area contributed by atoms with Crippen molar-refractivity contribution in [3.05, 3.63) is 58.8 Å². The number of carbonyl (C=O) groups excluding carboxylic acids is 1. The van der Waals surface area contributed by atoms with E-state index in [0.29, 0.717) is 23.9 Å². The summed E-state index contributed by atoms with van der Waals surface area (Å²) in [5, 5.41) is 21.8. The Morgan fingerprint density at radius 2 is 2.00 bits per heavy atom. The topological polar surface area (TPSA) is 106 Å². The highest BCUT2D eigenvalue weighted by atomic mass is 16.6. The Morgan fingerprint density at radius 3 is 2.79 bits per heavy atom. The zero-order valence-corrected chi connectivity index (χ0v) is 15.9. The SMILES string of the molecule is O=C(CCC1CCN(c2cccc([N+](=O)[O-])c2)CC1)Nc1nnc2ccccn12. The number of rotatable bonds is 6. The summed E-state index contributed by atoms with van der Waals surface area (Å²) < 4.78 is 1.75. The number of anilines is 2. The van der Waals surface area contributed by atoms with E-state index in [1.165, 1.54) is 6.07 Å². The summed E-state index contributed by atoms with van der Waals surface area (Å²) in [6.45, 7) is 1.67. The molecule has 9 heteroatoms. The quantitative estimate of drug-likeness (QED) is 0.508. The number of hydrogen-bond donors (Lipinski definition) is 1. The molecule has 0 radical (unpaired) electrons. The van der Waals surface area contributed by atoms with Crippen LogP contribution in [0.25, 0.3) is 5.65 Å². The van der Waals surface area contributed by atoms with Crippen molar-refractivity contribution in [2.45, 2.75) is 25.7 Å². The smallest absolute Gasteiger partial charge is 0.271 e. The van der Waals surface area contributed by atoms with Gasteiger partial charge in [-0.25, -0.2) is 0 Å². The number of piperidine rings is 1. The lowest BCUT2D eigenvalue weighted by Gasteiger charge is -2.33. The van der Waals surface area contributed by atoms with Gasteiger partial charge in [0.25, 0.3) is 5.69 Å². The average molecular weight is 394 g/mol. The van der Waals surface area contributed by atoms with Gasteiger partial charge in [-0.3, -0.25) is 24.6 Å². The summed E-state index contributed by atoms with van der Waals surface area (Å²) in [6, 6.07) is 12.3. The number of pyridine rings is 1. The van der Waals surface area contributed by atoms with E-state index in [4.69, 9.17) is 0 Å². The van der Waals surface area contributed by atoms with Crippen LogP contribution in [0.2, 0.25) is 0 Å². The van der Waals surface area contributed by atoms with E-state index in [0.717, 1.165) is 38.0 Å². The summed E-state index contributed by atoms with van der Waals surface area (Å²) in [6.07, 6.45) is 4.98. The van der Waals surface area contributed by atoms with Crippen LogP contribution in [-0.4, -0.2) is 38.5 Å². The van der Waals surface area contributed by atoms with Gasteiger partial charge in [-0.15, -0.1) is 10.2 Å². The normalized spacial score (nSPS) is 14.8. The van der Waals surface area contributed by atoms with Crippen molar-refractivity contribution in [1.82, 2.24) is 14.6 Å². The maximum atomic E-state index is 12.3. The standard InChI is InChI=1S/C20H22N6O3/c27-19(21-20-23-22-18-6-1-2-11-25(18)20)8-7-15-9-12-24(13-10-15)16-4-3-5-17(14-16)26(28)29/h1-6,11,14-15H,7-10,12-13H2,(H,21,23,27). The molecule has 2 aromatic heterocycles. The highest BCUT2D eigenvalue weighted by molar-refractivity contribution is 5.89. The van der Waals surface area contributed by atoms with Crippen LogP contribution in [0.4, 0.5) is 17.3 Å². The number of non-ortho nitro benzene ring substituents is 1. The lowest BCUT2D eigenvalue weighted by atomic mass is 9.92. The molecule has 4 rings (SSSR count). The number of nitro groups is 1. The molecule has 1 amide bonds. The molecule has 1 aliphatic heterocycles. The number of nitrogens with zero attached hydrogens (tertiary/aromatic N) is 5. The van der Waals surface area contributed by atoms with Crippen LogP contribution in [0.15, 0.2) is 48.7 Å². The van der Waals surface area contributed by atoms with Crippen LogP contribution in [0.3, 0.4) is 0 Å². The maximum absolute atomic E-state index is 12.3. The van der Waals surface area contributed by atoms with Gasteiger partial charge in [-0.2, -0.15) is 0 Å². The van der Waals surface area contributed by atoms with E-state index in [1.807, 2.05) is 30.5 Å². The van der Waals surface area contributed by atoms with E-state index in [2.05, 4.69) is 20.4 Å². The van der Waals surface area contributed by atoms with Crippen molar-refractivity contribution in [2.24, 2.45) is 5.92 Å². The van der Waals surface area contributed by atoms with Crippen molar-refractivity contribution in [3.8, 4) is 0 Å². The molecule has 0 aliphatic carbocycles. The van der Waals surface area contributed by atoms with Gasteiger partial charge in [-0.1, -0.05) is 12.1 Å². The lowest BCUT2D eigenvalue weighted by Crippen LogP contribution is -2.34. The van der Waals surface area contributed by atoms with E-state index in [1.54, 1.807) is 16.5 Å². The maximum Gasteiger partial charge on any atom is 0.271 e. The summed E-state index contributed by atoms with van der Waals surface area (Å²) in [7, 11) is 0. The van der Waals surface area contributed by atoms with Crippen LogP contribution < -0.4 is 10.2 Å².